The molecule has 2 aromatic rings. The highest BCUT2D eigenvalue weighted by Gasteiger charge is 2.27. The third kappa shape index (κ3) is 5.95. The van der Waals surface area contributed by atoms with Crippen LogP contribution in [-0.4, -0.2) is 66.9 Å². The maximum Gasteiger partial charge on any atom is 0.226 e. The molecule has 1 amide bonds. The molecule has 1 aliphatic heterocycles. The summed E-state index contributed by atoms with van der Waals surface area (Å²) in [6, 6.07) is 12.3. The van der Waals surface area contributed by atoms with Crippen molar-refractivity contribution in [1.29, 1.82) is 0 Å². The molecule has 0 spiro atoms. The lowest BCUT2D eigenvalue weighted by atomic mass is 9.88. The molecule has 4 rings (SSSR count). The van der Waals surface area contributed by atoms with Gasteiger partial charge in [0, 0.05) is 25.1 Å². The number of amides is 1. The molecule has 1 aliphatic carbocycles. The van der Waals surface area contributed by atoms with Crippen molar-refractivity contribution in [3.8, 4) is 5.69 Å². The van der Waals surface area contributed by atoms with E-state index in [1.807, 2.05) is 29.1 Å². The number of hydrogen-bond donors (Lipinski definition) is 2. The zero-order valence-electron chi connectivity index (χ0n) is 19.1. The summed E-state index contributed by atoms with van der Waals surface area (Å²) in [5.41, 5.74) is 2.14. The van der Waals surface area contributed by atoms with Gasteiger partial charge in [-0.2, -0.15) is 5.10 Å². The topological polar surface area (TPSA) is 47.0 Å². The Morgan fingerprint density at radius 3 is 2.55 bits per heavy atom. The number of likely N-dealkylation sites (N-methyl/N-ethyl adjacent to an activating group) is 1. The third-order valence-electron chi connectivity index (χ3n) is 7.11. The highest BCUT2D eigenvalue weighted by atomic mass is 16.2. The van der Waals surface area contributed by atoms with Gasteiger partial charge in [0.1, 0.15) is 26.2 Å². The summed E-state index contributed by atoms with van der Waals surface area (Å²) in [4.78, 5) is 19.0. The van der Waals surface area contributed by atoms with Gasteiger partial charge in [-0.15, -0.1) is 0 Å². The first-order valence-corrected chi connectivity index (χ1v) is 12.2. The van der Waals surface area contributed by atoms with Crippen LogP contribution in [0.15, 0.2) is 42.6 Å². The Morgan fingerprint density at radius 2 is 1.81 bits per heavy atom. The molecular weight excluding hydrogens is 386 g/mol. The van der Waals surface area contributed by atoms with Crippen molar-refractivity contribution < 1.29 is 14.6 Å². The van der Waals surface area contributed by atoms with E-state index in [2.05, 4.69) is 35.2 Å². The van der Waals surface area contributed by atoms with E-state index >= 15 is 0 Å². The van der Waals surface area contributed by atoms with E-state index in [1.165, 1.54) is 52.0 Å². The molecule has 2 heterocycles. The van der Waals surface area contributed by atoms with Gasteiger partial charge < -0.3 is 14.7 Å². The summed E-state index contributed by atoms with van der Waals surface area (Å²) in [5, 5.41) is 4.54. The number of hydrogen-bond acceptors (Lipinski definition) is 2. The van der Waals surface area contributed by atoms with E-state index in [-0.39, 0.29) is 5.92 Å². The Bertz CT molecular complexity index is 806. The summed E-state index contributed by atoms with van der Waals surface area (Å²) >= 11 is 0. The first-order valence-electron chi connectivity index (χ1n) is 12.2. The number of nitrogens with zero attached hydrogens (tertiary/aromatic N) is 3. The number of quaternary nitrogens is 2. The maximum absolute atomic E-state index is 13.5. The molecule has 1 saturated heterocycles. The number of aromatic nitrogens is 2. The van der Waals surface area contributed by atoms with E-state index < -0.39 is 0 Å². The number of carbonyl (C=O) groups excluding carboxylic acids is 1. The third-order valence-corrected chi connectivity index (χ3v) is 7.11. The molecule has 0 bridgehead atoms. The molecule has 6 heteroatoms. The molecule has 1 aromatic carbocycles. The smallest absolute Gasteiger partial charge is 0.226 e. The number of nitrogens with one attached hydrogen (secondary N) is 2. The second kappa shape index (κ2) is 10.9. The molecule has 0 radical (unpaired) electrons. The fourth-order valence-corrected chi connectivity index (χ4v) is 5.12. The molecule has 1 saturated carbocycles. The SMILES string of the molecule is C[NH+]1CC[NH+](CCCN(Cc2ccnn2-c2ccccc2)C(=O)C2CCCCC2)CC1. The van der Waals surface area contributed by atoms with Gasteiger partial charge in [-0.3, -0.25) is 4.79 Å². The van der Waals surface area contributed by atoms with Crippen LogP contribution in [0.4, 0.5) is 0 Å². The molecule has 1 aromatic heterocycles. The average Bonchev–Trinajstić information content (AvgIpc) is 3.28. The van der Waals surface area contributed by atoms with Crippen LogP contribution in [0.5, 0.6) is 0 Å². The normalized spacial score (nSPS) is 22.4. The first kappa shape index (κ1) is 22.0. The van der Waals surface area contributed by atoms with Gasteiger partial charge in [0.2, 0.25) is 5.91 Å². The zero-order valence-corrected chi connectivity index (χ0v) is 19.1. The van der Waals surface area contributed by atoms with Crippen molar-refractivity contribution in [1.82, 2.24) is 14.7 Å². The second-order valence-corrected chi connectivity index (χ2v) is 9.48. The Balaban J connectivity index is 1.42. The molecule has 31 heavy (non-hydrogen) atoms. The minimum Gasteiger partial charge on any atom is -0.336 e. The first-order chi connectivity index (χ1) is 15.2. The van der Waals surface area contributed by atoms with E-state index in [0.29, 0.717) is 12.5 Å². The van der Waals surface area contributed by atoms with Crippen LogP contribution in [0.1, 0.15) is 44.2 Å². The summed E-state index contributed by atoms with van der Waals surface area (Å²) in [7, 11) is 2.29. The van der Waals surface area contributed by atoms with E-state index in [0.717, 1.165) is 37.2 Å². The lowest BCUT2D eigenvalue weighted by Crippen LogP contribution is -3.27. The van der Waals surface area contributed by atoms with Gasteiger partial charge >= 0.3 is 0 Å². The standard InChI is InChI=1S/C25H37N5O/c1-27-17-19-28(20-18-27)15-8-16-29(25(31)22-9-4-2-5-10-22)21-24-13-14-26-30(24)23-11-6-3-7-12-23/h3,6-7,11-14,22H,2,4-5,8-10,15-21H2,1H3/p+2. The molecule has 168 valence electrons. The lowest BCUT2D eigenvalue weighted by molar-refractivity contribution is -1.00. The van der Waals surface area contributed by atoms with Crippen LogP contribution in [0, 0.1) is 5.92 Å². The summed E-state index contributed by atoms with van der Waals surface area (Å²) in [6.45, 7) is 7.69. The molecule has 2 N–H and O–H groups in total. The van der Waals surface area contributed by atoms with Crippen molar-refractivity contribution in [3.05, 3.63) is 48.3 Å². The van der Waals surface area contributed by atoms with Gasteiger partial charge in [0.05, 0.1) is 31.5 Å². The minimum atomic E-state index is 0.210. The Kier molecular flexibility index (Phi) is 7.76. The summed E-state index contributed by atoms with van der Waals surface area (Å²) in [5.74, 6) is 0.569. The van der Waals surface area contributed by atoms with Crippen LogP contribution >= 0.6 is 0 Å². The van der Waals surface area contributed by atoms with Crippen LogP contribution in [0.2, 0.25) is 0 Å². The van der Waals surface area contributed by atoms with Gasteiger partial charge in [0.25, 0.3) is 0 Å². The van der Waals surface area contributed by atoms with Crippen molar-refractivity contribution in [2.45, 2.75) is 45.1 Å². The van der Waals surface area contributed by atoms with Crippen LogP contribution in [0.25, 0.3) is 5.69 Å². The van der Waals surface area contributed by atoms with Crippen LogP contribution in [-0.2, 0) is 11.3 Å². The maximum atomic E-state index is 13.5. The summed E-state index contributed by atoms with van der Waals surface area (Å²) < 4.78 is 1.98. The molecule has 0 atom stereocenters. The van der Waals surface area contributed by atoms with Gasteiger partial charge in [0.15, 0.2) is 0 Å². The Hall–Kier alpha value is -2.18. The highest BCUT2D eigenvalue weighted by molar-refractivity contribution is 5.78. The Morgan fingerprint density at radius 1 is 1.06 bits per heavy atom. The van der Waals surface area contributed by atoms with Crippen LogP contribution in [0.3, 0.4) is 0 Å². The van der Waals surface area contributed by atoms with E-state index in [9.17, 15) is 4.79 Å². The second-order valence-electron chi connectivity index (χ2n) is 9.48. The number of carbonyl (C=O) groups is 1. The molecule has 0 unspecified atom stereocenters. The fourth-order valence-electron chi connectivity index (χ4n) is 5.12. The fraction of sp³-hybridized carbons (Fsp3) is 0.600. The molecule has 2 fully saturated rings. The minimum absolute atomic E-state index is 0.210. The van der Waals surface area contributed by atoms with E-state index in [1.54, 1.807) is 9.80 Å². The summed E-state index contributed by atoms with van der Waals surface area (Å²) in [6.07, 6.45) is 8.70. The number of benzene rings is 1. The zero-order chi connectivity index (χ0) is 21.5. The predicted molar refractivity (Wildman–Crippen MR) is 122 cm³/mol. The highest BCUT2D eigenvalue weighted by Crippen LogP contribution is 2.26. The van der Waals surface area contributed by atoms with Gasteiger partial charge in [-0.05, 0) is 31.0 Å². The van der Waals surface area contributed by atoms with Gasteiger partial charge in [-0.1, -0.05) is 37.5 Å². The van der Waals surface area contributed by atoms with Crippen molar-refractivity contribution >= 4 is 5.91 Å². The monoisotopic (exact) mass is 425 g/mol. The molecule has 2 aliphatic rings. The van der Waals surface area contributed by atoms with Gasteiger partial charge in [-0.25, -0.2) is 4.68 Å². The largest absolute Gasteiger partial charge is 0.336 e. The number of para-hydroxylation sites is 1. The average molecular weight is 426 g/mol. The van der Waals surface area contributed by atoms with Crippen molar-refractivity contribution in [3.63, 3.8) is 0 Å². The number of rotatable bonds is 8. The molecule has 6 nitrogen and oxygen atoms in total. The van der Waals surface area contributed by atoms with Crippen molar-refractivity contribution in [2.24, 2.45) is 5.92 Å². The Labute approximate surface area is 186 Å². The predicted octanol–water partition coefficient (Wildman–Crippen LogP) is 0.585. The van der Waals surface area contributed by atoms with Crippen LogP contribution < -0.4 is 9.80 Å². The lowest BCUT2D eigenvalue weighted by Gasteiger charge is -2.31. The van der Waals surface area contributed by atoms with E-state index in [4.69, 9.17) is 0 Å². The van der Waals surface area contributed by atoms with Crippen molar-refractivity contribution in [2.75, 3.05) is 46.3 Å². The quantitative estimate of drug-likeness (QED) is 0.650. The molecular formula is C25H39N5O+2. The number of piperazine rings is 1.